The first-order valence-electron chi connectivity index (χ1n) is 19.2. The SMILES string of the molecule is C(=C1CCCC(P(C2CCCCC2)C2CCCCC2)C1=C1N(c2ccccc2)N=C(c2ccccc2)N1c1ccccc1)c1ccccc1.[Cl][Ru][Cl]. The first kappa shape index (κ1) is 37.6. The molecule has 4 aliphatic rings. The molecule has 0 N–H and O–H groups in total. The molecule has 7 heteroatoms. The van der Waals surface area contributed by atoms with Crippen molar-refractivity contribution >= 4 is 50.6 Å². The Morgan fingerprint density at radius 1 is 0.596 bits per heavy atom. The van der Waals surface area contributed by atoms with Crippen molar-refractivity contribution in [2.24, 2.45) is 5.10 Å². The molecule has 8 rings (SSSR count). The molecule has 0 spiro atoms. The fourth-order valence-corrected chi connectivity index (χ4v) is 13.6. The van der Waals surface area contributed by atoms with Crippen LogP contribution < -0.4 is 9.91 Å². The predicted octanol–water partition coefficient (Wildman–Crippen LogP) is 13.7. The number of benzene rings is 4. The summed E-state index contributed by atoms with van der Waals surface area (Å²) in [6, 6.07) is 43.9. The molecule has 3 saturated carbocycles. The average molecular weight is 836 g/mol. The summed E-state index contributed by atoms with van der Waals surface area (Å²) >= 11 is -0.346. The molecule has 1 unspecified atom stereocenters. The van der Waals surface area contributed by atoms with Gasteiger partial charge in [-0.2, -0.15) is 0 Å². The standard InChI is InChI=1S/C45H50N3P.2ClH.Ru/c1-7-20-35(21-8-1)34-37-24-19-33-42(49(40-29-15-5-16-30-40)41-31-17-6-18-32-41)43(37)45-47(38-25-11-3-12-26-38)44(36-22-9-2-10-23-36)46-48(45)39-27-13-4-14-28-39;;;/h1-4,7-14,20-23,25-28,34,40-42H,5-6,15-19,24,29-33H2;2*1H;/q;;;+2/p-2. The maximum atomic E-state index is 5.60. The van der Waals surface area contributed by atoms with Gasteiger partial charge in [-0.1, -0.05) is 150 Å². The number of hydrazone groups is 1. The number of anilines is 2. The number of hydrogen-bond acceptors (Lipinski definition) is 3. The normalized spacial score (nSPS) is 22.4. The second-order valence-electron chi connectivity index (χ2n) is 14.4. The number of para-hydroxylation sites is 2. The molecule has 272 valence electrons. The van der Waals surface area contributed by atoms with E-state index in [1.807, 2.05) is 0 Å². The third-order valence-corrected chi connectivity index (χ3v) is 15.2. The van der Waals surface area contributed by atoms with Crippen LogP contribution in [-0.2, 0) is 15.1 Å². The summed E-state index contributed by atoms with van der Waals surface area (Å²) in [5, 5.41) is 7.92. The van der Waals surface area contributed by atoms with Gasteiger partial charge in [0, 0.05) is 22.5 Å². The molecular formula is C45H50Cl2N3PRu. The quantitative estimate of drug-likeness (QED) is 0.136. The van der Waals surface area contributed by atoms with Crippen LogP contribution in [0.15, 0.2) is 143 Å². The van der Waals surface area contributed by atoms with Crippen LogP contribution >= 0.6 is 27.3 Å². The van der Waals surface area contributed by atoms with Crippen molar-refractivity contribution in [3.63, 3.8) is 0 Å². The van der Waals surface area contributed by atoms with E-state index < -0.39 is 0 Å². The maximum absolute atomic E-state index is 5.60. The molecule has 0 amide bonds. The van der Waals surface area contributed by atoms with Gasteiger partial charge >= 0.3 is 34.5 Å². The minimum atomic E-state index is -0.346. The first-order chi connectivity index (χ1) is 25.8. The Balaban J connectivity index is 0.00000136. The Morgan fingerprint density at radius 3 is 1.65 bits per heavy atom. The van der Waals surface area contributed by atoms with Crippen LogP contribution in [0.3, 0.4) is 0 Å². The topological polar surface area (TPSA) is 18.8 Å². The number of amidine groups is 1. The molecule has 0 aromatic heterocycles. The van der Waals surface area contributed by atoms with Crippen LogP contribution in [0.1, 0.15) is 94.6 Å². The van der Waals surface area contributed by atoms with Crippen molar-refractivity contribution in [2.45, 2.75) is 100 Å². The second-order valence-corrected chi connectivity index (χ2v) is 20.0. The molecule has 1 aliphatic heterocycles. The van der Waals surface area contributed by atoms with Crippen LogP contribution in [0.4, 0.5) is 11.4 Å². The van der Waals surface area contributed by atoms with E-state index in [0.29, 0.717) is 5.66 Å². The van der Waals surface area contributed by atoms with Gasteiger partial charge in [0.15, 0.2) is 5.84 Å². The van der Waals surface area contributed by atoms with Crippen LogP contribution in [0.5, 0.6) is 0 Å². The van der Waals surface area contributed by atoms with E-state index in [1.54, 1.807) is 5.57 Å². The summed E-state index contributed by atoms with van der Waals surface area (Å²) in [5.74, 6) is 2.25. The van der Waals surface area contributed by atoms with Crippen molar-refractivity contribution in [3.05, 3.63) is 149 Å². The molecular weight excluding hydrogens is 785 g/mol. The molecule has 1 atom stereocenters. The fourth-order valence-electron chi connectivity index (χ4n) is 9.00. The summed E-state index contributed by atoms with van der Waals surface area (Å²) < 4.78 is 0. The average Bonchev–Trinajstić information content (AvgIpc) is 3.61. The molecule has 0 radical (unpaired) electrons. The Labute approximate surface area is 328 Å². The Morgan fingerprint density at radius 2 is 1.10 bits per heavy atom. The van der Waals surface area contributed by atoms with E-state index in [1.165, 1.54) is 99.7 Å². The zero-order chi connectivity index (χ0) is 35.5. The van der Waals surface area contributed by atoms with E-state index in [-0.39, 0.29) is 23.1 Å². The summed E-state index contributed by atoms with van der Waals surface area (Å²) in [6.45, 7) is 0. The van der Waals surface area contributed by atoms with Gasteiger partial charge in [0.1, 0.15) is 5.82 Å². The summed E-state index contributed by atoms with van der Waals surface area (Å²) in [7, 11) is 9.49. The zero-order valence-electron chi connectivity index (χ0n) is 29.9. The molecule has 1 heterocycles. The number of allylic oxidation sites excluding steroid dienone is 2. The number of nitrogens with zero attached hydrogens (tertiary/aromatic N) is 3. The molecule has 0 saturated heterocycles. The van der Waals surface area contributed by atoms with Crippen molar-refractivity contribution in [1.29, 1.82) is 0 Å². The number of rotatable bonds is 7. The van der Waals surface area contributed by atoms with Gasteiger partial charge in [0.25, 0.3) is 0 Å². The van der Waals surface area contributed by atoms with Gasteiger partial charge in [-0.25, -0.2) is 5.01 Å². The molecule has 3 fully saturated rings. The summed E-state index contributed by atoms with van der Waals surface area (Å²) in [6.07, 6.45) is 20.4. The van der Waals surface area contributed by atoms with Crippen molar-refractivity contribution in [3.8, 4) is 0 Å². The van der Waals surface area contributed by atoms with Crippen LogP contribution in [0, 0.1) is 0 Å². The van der Waals surface area contributed by atoms with Crippen molar-refractivity contribution in [1.82, 2.24) is 0 Å². The van der Waals surface area contributed by atoms with Gasteiger partial charge < -0.3 is 0 Å². The third kappa shape index (κ3) is 8.79. The Bertz CT molecular complexity index is 1770. The molecule has 4 aromatic rings. The van der Waals surface area contributed by atoms with E-state index in [4.69, 9.17) is 24.5 Å². The molecule has 52 heavy (non-hydrogen) atoms. The monoisotopic (exact) mass is 835 g/mol. The van der Waals surface area contributed by atoms with Gasteiger partial charge in [0.2, 0.25) is 0 Å². The first-order valence-corrected chi connectivity index (χ1v) is 25.3. The summed E-state index contributed by atoms with van der Waals surface area (Å²) in [4.78, 5) is 2.52. The molecule has 3 aliphatic carbocycles. The van der Waals surface area contributed by atoms with Gasteiger partial charge in [-0.3, -0.25) is 4.90 Å². The van der Waals surface area contributed by atoms with Gasteiger partial charge in [-0.15, -0.1) is 5.10 Å². The van der Waals surface area contributed by atoms with E-state index >= 15 is 0 Å². The fraction of sp³-hybridized carbons (Fsp3) is 0.356. The van der Waals surface area contributed by atoms with Gasteiger partial charge in [-0.05, 0) is 91.7 Å². The summed E-state index contributed by atoms with van der Waals surface area (Å²) in [5.41, 5.74) is 10.1. The molecule has 0 bridgehead atoms. The van der Waals surface area contributed by atoms with E-state index in [9.17, 15) is 0 Å². The minimum absolute atomic E-state index is 0.219. The molecule has 3 nitrogen and oxygen atoms in total. The third-order valence-electron chi connectivity index (χ3n) is 11.2. The Hall–Kier alpha value is -2.74. The van der Waals surface area contributed by atoms with E-state index in [2.05, 4.69) is 137 Å². The number of halogens is 2. The van der Waals surface area contributed by atoms with Crippen LogP contribution in [0.25, 0.3) is 6.08 Å². The predicted molar refractivity (Wildman–Crippen MR) is 222 cm³/mol. The van der Waals surface area contributed by atoms with Crippen molar-refractivity contribution < 1.29 is 15.1 Å². The zero-order valence-corrected chi connectivity index (χ0v) is 34.1. The van der Waals surface area contributed by atoms with Crippen molar-refractivity contribution in [2.75, 3.05) is 9.91 Å². The second kappa shape index (κ2) is 19.0. The van der Waals surface area contributed by atoms with Crippen LogP contribution in [0.2, 0.25) is 0 Å². The van der Waals surface area contributed by atoms with Crippen LogP contribution in [-0.4, -0.2) is 22.8 Å². The number of hydrogen-bond donors (Lipinski definition) is 0. The van der Waals surface area contributed by atoms with Gasteiger partial charge in [0.05, 0.1) is 5.69 Å². The van der Waals surface area contributed by atoms with E-state index in [0.717, 1.165) is 34.8 Å². The molecule has 4 aromatic carbocycles. The Kier molecular flexibility index (Phi) is 13.8.